The molecule has 1 aromatic carbocycles. The minimum absolute atomic E-state index is 0.0562. The van der Waals surface area contributed by atoms with Crippen molar-refractivity contribution in [2.24, 2.45) is 0 Å². The molecule has 0 heterocycles. The van der Waals surface area contributed by atoms with Crippen LogP contribution in [-0.2, 0) is 4.79 Å². The summed E-state index contributed by atoms with van der Waals surface area (Å²) in [7, 11) is 3.87. The standard InChI is InChI=1S/C11H15ClN2O/c1-14(2)10-6-4-3-5-9(10)13-11(15)7-8-12/h3-6H,7-8H2,1-2H3,(H,13,15). The second-order valence-electron chi connectivity index (χ2n) is 3.40. The molecule has 1 N–H and O–H groups in total. The Labute approximate surface area is 95.0 Å². The van der Waals surface area contributed by atoms with E-state index in [1.807, 2.05) is 43.3 Å². The highest BCUT2D eigenvalue weighted by Crippen LogP contribution is 2.23. The quantitative estimate of drug-likeness (QED) is 0.800. The molecule has 0 atom stereocenters. The Balaban J connectivity index is 2.80. The Morgan fingerprint density at radius 1 is 1.40 bits per heavy atom. The van der Waals surface area contributed by atoms with Crippen LogP contribution in [0, 0.1) is 0 Å². The highest BCUT2D eigenvalue weighted by atomic mass is 35.5. The number of rotatable bonds is 4. The molecule has 0 aliphatic rings. The molecule has 0 bridgehead atoms. The van der Waals surface area contributed by atoms with E-state index in [4.69, 9.17) is 11.6 Å². The number of carbonyl (C=O) groups is 1. The number of nitrogens with one attached hydrogen (secondary N) is 1. The molecule has 0 aliphatic carbocycles. The average molecular weight is 227 g/mol. The van der Waals surface area contributed by atoms with Crippen molar-refractivity contribution >= 4 is 28.9 Å². The zero-order chi connectivity index (χ0) is 11.3. The van der Waals surface area contributed by atoms with Crippen LogP contribution in [0.5, 0.6) is 0 Å². The number of nitrogens with zero attached hydrogens (tertiary/aromatic N) is 1. The maximum Gasteiger partial charge on any atom is 0.225 e. The number of alkyl halides is 1. The molecule has 0 unspecified atom stereocenters. The van der Waals surface area contributed by atoms with Crippen LogP contribution in [0.4, 0.5) is 11.4 Å². The lowest BCUT2D eigenvalue weighted by molar-refractivity contribution is -0.115. The van der Waals surface area contributed by atoms with Gasteiger partial charge in [-0.1, -0.05) is 12.1 Å². The zero-order valence-electron chi connectivity index (χ0n) is 8.96. The molecule has 4 heteroatoms. The van der Waals surface area contributed by atoms with Gasteiger partial charge in [-0.3, -0.25) is 4.79 Å². The van der Waals surface area contributed by atoms with Crippen LogP contribution in [0.1, 0.15) is 6.42 Å². The van der Waals surface area contributed by atoms with Gasteiger partial charge in [-0.15, -0.1) is 11.6 Å². The lowest BCUT2D eigenvalue weighted by atomic mass is 10.2. The average Bonchev–Trinajstić information content (AvgIpc) is 2.18. The first-order chi connectivity index (χ1) is 7.15. The predicted octanol–water partition coefficient (Wildman–Crippen LogP) is 2.32. The molecule has 0 aromatic heterocycles. The second kappa shape index (κ2) is 5.61. The topological polar surface area (TPSA) is 32.3 Å². The summed E-state index contributed by atoms with van der Waals surface area (Å²) in [6.45, 7) is 0. The number of hydrogen-bond acceptors (Lipinski definition) is 2. The lowest BCUT2D eigenvalue weighted by Crippen LogP contribution is -2.16. The molecular weight excluding hydrogens is 212 g/mol. The maximum atomic E-state index is 11.4. The summed E-state index contributed by atoms with van der Waals surface area (Å²) in [5.74, 6) is 0.287. The van der Waals surface area contributed by atoms with Crippen molar-refractivity contribution in [2.45, 2.75) is 6.42 Å². The molecule has 3 nitrogen and oxygen atoms in total. The molecule has 1 aromatic rings. The molecule has 0 saturated carbocycles. The van der Waals surface area contributed by atoms with Gasteiger partial charge in [-0.25, -0.2) is 0 Å². The van der Waals surface area contributed by atoms with Gasteiger partial charge in [0.2, 0.25) is 5.91 Å². The Bertz CT molecular complexity index is 339. The van der Waals surface area contributed by atoms with Crippen molar-refractivity contribution in [1.82, 2.24) is 0 Å². The van der Waals surface area contributed by atoms with Crippen LogP contribution in [0.3, 0.4) is 0 Å². The molecule has 0 spiro atoms. The van der Waals surface area contributed by atoms with E-state index < -0.39 is 0 Å². The number of benzene rings is 1. The fourth-order valence-corrected chi connectivity index (χ4v) is 1.44. The van der Waals surface area contributed by atoms with Crippen molar-refractivity contribution in [3.05, 3.63) is 24.3 Å². The summed E-state index contributed by atoms with van der Waals surface area (Å²) in [4.78, 5) is 13.3. The van der Waals surface area contributed by atoms with Crippen LogP contribution < -0.4 is 10.2 Å². The fourth-order valence-electron chi connectivity index (χ4n) is 1.27. The van der Waals surface area contributed by atoms with Gasteiger partial charge in [0, 0.05) is 26.4 Å². The van der Waals surface area contributed by atoms with Crippen LogP contribution >= 0.6 is 11.6 Å². The van der Waals surface area contributed by atoms with Gasteiger partial charge in [0.25, 0.3) is 0 Å². The van der Waals surface area contributed by atoms with E-state index in [2.05, 4.69) is 5.32 Å². The van der Waals surface area contributed by atoms with Gasteiger partial charge in [0.15, 0.2) is 0 Å². The molecule has 1 rings (SSSR count). The van der Waals surface area contributed by atoms with Gasteiger partial charge in [0.05, 0.1) is 11.4 Å². The lowest BCUT2D eigenvalue weighted by Gasteiger charge is -2.17. The van der Waals surface area contributed by atoms with Crippen LogP contribution in [0.2, 0.25) is 0 Å². The van der Waals surface area contributed by atoms with Crippen molar-refractivity contribution in [1.29, 1.82) is 0 Å². The van der Waals surface area contributed by atoms with Gasteiger partial charge in [-0.2, -0.15) is 0 Å². The first kappa shape index (κ1) is 11.9. The first-order valence-electron chi connectivity index (χ1n) is 4.77. The molecule has 15 heavy (non-hydrogen) atoms. The Kier molecular flexibility index (Phi) is 4.43. The van der Waals surface area contributed by atoms with E-state index in [0.29, 0.717) is 12.3 Å². The summed E-state index contributed by atoms with van der Waals surface area (Å²) in [5.41, 5.74) is 1.80. The predicted molar refractivity (Wildman–Crippen MR) is 64.7 cm³/mol. The summed E-state index contributed by atoms with van der Waals surface area (Å²) in [5, 5.41) is 2.83. The Hall–Kier alpha value is -1.22. The zero-order valence-corrected chi connectivity index (χ0v) is 9.71. The van der Waals surface area contributed by atoms with E-state index in [0.717, 1.165) is 11.4 Å². The number of anilines is 2. The van der Waals surface area contributed by atoms with Crippen molar-refractivity contribution in [2.75, 3.05) is 30.2 Å². The third-order valence-electron chi connectivity index (χ3n) is 1.98. The van der Waals surface area contributed by atoms with Crippen LogP contribution in [0.25, 0.3) is 0 Å². The van der Waals surface area contributed by atoms with Gasteiger partial charge in [-0.05, 0) is 12.1 Å². The minimum atomic E-state index is -0.0562. The van der Waals surface area contributed by atoms with Gasteiger partial charge in [0.1, 0.15) is 0 Å². The van der Waals surface area contributed by atoms with E-state index in [1.165, 1.54) is 0 Å². The van der Waals surface area contributed by atoms with E-state index in [-0.39, 0.29) is 5.91 Å². The third-order valence-corrected chi connectivity index (χ3v) is 2.17. The number of para-hydroxylation sites is 2. The maximum absolute atomic E-state index is 11.4. The number of carbonyl (C=O) groups excluding carboxylic acids is 1. The summed E-state index contributed by atoms with van der Waals surface area (Å²) >= 11 is 5.49. The normalized spacial score (nSPS) is 9.80. The summed E-state index contributed by atoms with van der Waals surface area (Å²) in [6, 6.07) is 7.66. The molecule has 0 aliphatic heterocycles. The van der Waals surface area contributed by atoms with Crippen LogP contribution in [0.15, 0.2) is 24.3 Å². The van der Waals surface area contributed by atoms with Crippen molar-refractivity contribution < 1.29 is 4.79 Å². The molecule has 0 fully saturated rings. The molecule has 82 valence electrons. The minimum Gasteiger partial charge on any atom is -0.376 e. The first-order valence-corrected chi connectivity index (χ1v) is 5.30. The van der Waals surface area contributed by atoms with E-state index in [1.54, 1.807) is 0 Å². The van der Waals surface area contributed by atoms with Crippen molar-refractivity contribution in [3.8, 4) is 0 Å². The highest BCUT2D eigenvalue weighted by molar-refractivity contribution is 6.19. The molecule has 0 radical (unpaired) electrons. The molecule has 1 amide bonds. The number of amides is 1. The second-order valence-corrected chi connectivity index (χ2v) is 3.78. The van der Waals surface area contributed by atoms with E-state index >= 15 is 0 Å². The number of halogens is 1. The SMILES string of the molecule is CN(C)c1ccccc1NC(=O)CCCl. The third kappa shape index (κ3) is 3.44. The summed E-state index contributed by atoms with van der Waals surface area (Å²) in [6.07, 6.45) is 0.337. The van der Waals surface area contributed by atoms with E-state index in [9.17, 15) is 4.79 Å². The smallest absolute Gasteiger partial charge is 0.225 e. The monoisotopic (exact) mass is 226 g/mol. The van der Waals surface area contributed by atoms with Gasteiger partial charge < -0.3 is 10.2 Å². The van der Waals surface area contributed by atoms with Crippen LogP contribution in [-0.4, -0.2) is 25.9 Å². The molecule has 0 saturated heterocycles. The highest BCUT2D eigenvalue weighted by Gasteiger charge is 2.06. The Morgan fingerprint density at radius 3 is 2.67 bits per heavy atom. The Morgan fingerprint density at radius 2 is 2.07 bits per heavy atom. The largest absolute Gasteiger partial charge is 0.376 e. The summed E-state index contributed by atoms with van der Waals surface area (Å²) < 4.78 is 0. The van der Waals surface area contributed by atoms with Gasteiger partial charge >= 0.3 is 0 Å². The number of hydrogen-bond donors (Lipinski definition) is 1. The molecular formula is C11H15ClN2O. The fraction of sp³-hybridized carbons (Fsp3) is 0.364. The van der Waals surface area contributed by atoms with Crippen molar-refractivity contribution in [3.63, 3.8) is 0 Å².